The minimum absolute atomic E-state index is 0.151. The quantitative estimate of drug-likeness (QED) is 0.715. The van der Waals surface area contributed by atoms with Gasteiger partial charge in [0.05, 0.1) is 12.8 Å². The normalized spacial score (nSPS) is 20.7. The van der Waals surface area contributed by atoms with Gasteiger partial charge in [-0.05, 0) is 18.1 Å². The molecule has 3 rings (SSSR count). The average molecular weight is 395 g/mol. The third-order valence-electron chi connectivity index (χ3n) is 5.54. The number of piperazine rings is 2. The average Bonchev–Trinajstić information content (AvgIpc) is 2.64. The van der Waals surface area contributed by atoms with Crippen LogP contribution >= 0.6 is 0 Å². The van der Waals surface area contributed by atoms with E-state index in [1.807, 2.05) is 4.90 Å². The number of sulfonamides is 1. The Morgan fingerprint density at radius 3 is 2.11 bits per heavy atom. The topological polar surface area (TPSA) is 64.2 Å². The number of hydrogen-bond donors (Lipinski definition) is 0. The molecule has 1 aromatic carbocycles. The zero-order valence-corrected chi connectivity index (χ0v) is 17.1. The van der Waals surface area contributed by atoms with Crippen molar-refractivity contribution in [2.45, 2.75) is 13.5 Å². The van der Waals surface area contributed by atoms with Crippen LogP contribution in [0.3, 0.4) is 0 Å². The lowest BCUT2D eigenvalue weighted by Crippen LogP contribution is -2.54. The molecule has 2 aliphatic rings. The number of benzene rings is 1. The predicted octanol–water partition coefficient (Wildman–Crippen LogP) is 0.216. The fraction of sp³-hybridized carbons (Fsp3) is 0.632. The third-order valence-corrected chi connectivity index (χ3v) is 6.84. The van der Waals surface area contributed by atoms with Crippen molar-refractivity contribution in [3.05, 3.63) is 35.4 Å². The number of nitrogens with zero attached hydrogens (tertiary/aromatic N) is 4. The van der Waals surface area contributed by atoms with Crippen molar-refractivity contribution in [2.24, 2.45) is 0 Å². The van der Waals surface area contributed by atoms with Crippen molar-refractivity contribution < 1.29 is 13.2 Å². The maximum absolute atomic E-state index is 12.6. The van der Waals surface area contributed by atoms with Crippen LogP contribution in [-0.2, 0) is 21.4 Å². The van der Waals surface area contributed by atoms with E-state index in [-0.39, 0.29) is 5.91 Å². The van der Waals surface area contributed by atoms with Crippen LogP contribution in [0.15, 0.2) is 24.3 Å². The molecular formula is C19H30N4O3S. The molecule has 27 heavy (non-hydrogen) atoms. The number of carbonyl (C=O) groups is 1. The van der Waals surface area contributed by atoms with E-state index in [0.717, 1.165) is 32.7 Å². The van der Waals surface area contributed by atoms with Crippen molar-refractivity contribution in [2.75, 3.05) is 65.2 Å². The van der Waals surface area contributed by atoms with Crippen molar-refractivity contribution in [1.82, 2.24) is 19.0 Å². The molecule has 0 atom stereocenters. The molecule has 0 bridgehead atoms. The van der Waals surface area contributed by atoms with Gasteiger partial charge in [-0.3, -0.25) is 14.6 Å². The summed E-state index contributed by atoms with van der Waals surface area (Å²) in [6, 6.07) is 8.44. The second-order valence-electron chi connectivity index (χ2n) is 7.52. The van der Waals surface area contributed by atoms with Gasteiger partial charge in [-0.1, -0.05) is 24.3 Å². The predicted molar refractivity (Wildman–Crippen MR) is 106 cm³/mol. The number of aryl methyl sites for hydroxylation is 1. The standard InChI is InChI=1S/C19H30N4O3S/c1-17-5-3-4-6-18(17)15-20-7-11-22(12-8-20)19(24)16-21-9-13-23(14-10-21)27(2,25)26/h3-6H,7-16H2,1-2H3. The van der Waals surface area contributed by atoms with Crippen LogP contribution < -0.4 is 0 Å². The van der Waals surface area contributed by atoms with Crippen LogP contribution in [0.4, 0.5) is 0 Å². The summed E-state index contributed by atoms with van der Waals surface area (Å²) in [5, 5.41) is 0. The molecule has 0 radical (unpaired) electrons. The summed E-state index contributed by atoms with van der Waals surface area (Å²) in [4.78, 5) is 19.0. The first kappa shape index (κ1) is 20.3. The Kier molecular flexibility index (Phi) is 6.52. The van der Waals surface area contributed by atoms with Crippen molar-refractivity contribution >= 4 is 15.9 Å². The first-order valence-corrected chi connectivity index (χ1v) is 11.4. The first-order valence-electron chi connectivity index (χ1n) is 9.55. The van der Waals surface area contributed by atoms with E-state index in [0.29, 0.717) is 32.7 Å². The number of carbonyl (C=O) groups excluding carboxylic acids is 1. The summed E-state index contributed by atoms with van der Waals surface area (Å²) < 4.78 is 24.6. The Hall–Kier alpha value is -1.48. The summed E-state index contributed by atoms with van der Waals surface area (Å²) in [5.41, 5.74) is 2.66. The Bertz CT molecular complexity index is 752. The Morgan fingerprint density at radius 1 is 0.926 bits per heavy atom. The van der Waals surface area contributed by atoms with Gasteiger partial charge in [-0.15, -0.1) is 0 Å². The Morgan fingerprint density at radius 2 is 1.52 bits per heavy atom. The molecule has 1 amide bonds. The lowest BCUT2D eigenvalue weighted by molar-refractivity contribution is -0.134. The zero-order chi connectivity index (χ0) is 19.4. The van der Waals surface area contributed by atoms with E-state index >= 15 is 0 Å². The van der Waals surface area contributed by atoms with Crippen molar-refractivity contribution in [3.8, 4) is 0 Å². The van der Waals surface area contributed by atoms with Gasteiger partial charge in [0, 0.05) is 58.9 Å². The monoisotopic (exact) mass is 394 g/mol. The highest BCUT2D eigenvalue weighted by Gasteiger charge is 2.27. The molecule has 0 unspecified atom stereocenters. The molecule has 8 heteroatoms. The molecule has 1 aromatic rings. The highest BCUT2D eigenvalue weighted by Crippen LogP contribution is 2.13. The largest absolute Gasteiger partial charge is 0.339 e. The van der Waals surface area contributed by atoms with Crippen LogP contribution in [0.2, 0.25) is 0 Å². The Labute approximate surface area is 162 Å². The van der Waals surface area contributed by atoms with Gasteiger partial charge in [0.2, 0.25) is 15.9 Å². The molecule has 150 valence electrons. The van der Waals surface area contributed by atoms with Crippen LogP contribution in [-0.4, -0.2) is 98.5 Å². The number of hydrogen-bond acceptors (Lipinski definition) is 5. The molecule has 7 nitrogen and oxygen atoms in total. The molecule has 0 N–H and O–H groups in total. The third kappa shape index (κ3) is 5.51. The lowest BCUT2D eigenvalue weighted by Gasteiger charge is -2.37. The zero-order valence-electron chi connectivity index (χ0n) is 16.3. The van der Waals surface area contributed by atoms with E-state index in [1.54, 1.807) is 0 Å². The number of rotatable bonds is 5. The molecular weight excluding hydrogens is 364 g/mol. The van der Waals surface area contributed by atoms with Gasteiger partial charge >= 0.3 is 0 Å². The molecule has 0 spiro atoms. The second kappa shape index (κ2) is 8.68. The molecule has 0 saturated carbocycles. The summed E-state index contributed by atoms with van der Waals surface area (Å²) >= 11 is 0. The highest BCUT2D eigenvalue weighted by molar-refractivity contribution is 7.88. The van der Waals surface area contributed by atoms with Crippen LogP contribution in [0, 0.1) is 6.92 Å². The second-order valence-corrected chi connectivity index (χ2v) is 9.50. The van der Waals surface area contributed by atoms with Gasteiger partial charge < -0.3 is 4.90 Å². The first-order chi connectivity index (χ1) is 12.8. The maximum Gasteiger partial charge on any atom is 0.236 e. The highest BCUT2D eigenvalue weighted by atomic mass is 32.2. The minimum Gasteiger partial charge on any atom is -0.339 e. The van der Waals surface area contributed by atoms with E-state index in [4.69, 9.17) is 0 Å². The van der Waals surface area contributed by atoms with Gasteiger partial charge in [-0.2, -0.15) is 4.31 Å². The molecule has 0 aliphatic carbocycles. The van der Waals surface area contributed by atoms with Crippen molar-refractivity contribution in [3.63, 3.8) is 0 Å². The molecule has 2 aliphatic heterocycles. The fourth-order valence-corrected chi connectivity index (χ4v) is 4.52. The molecule has 2 heterocycles. The van der Waals surface area contributed by atoms with E-state index in [2.05, 4.69) is 41.0 Å². The smallest absolute Gasteiger partial charge is 0.236 e. The number of amides is 1. The maximum atomic E-state index is 12.6. The fourth-order valence-electron chi connectivity index (χ4n) is 3.69. The van der Waals surface area contributed by atoms with E-state index in [1.165, 1.54) is 21.7 Å². The summed E-state index contributed by atoms with van der Waals surface area (Å²) in [6.07, 6.45) is 1.24. The molecule has 2 fully saturated rings. The van der Waals surface area contributed by atoms with Gasteiger partial charge in [0.1, 0.15) is 0 Å². The van der Waals surface area contributed by atoms with E-state index in [9.17, 15) is 13.2 Å². The van der Waals surface area contributed by atoms with Crippen molar-refractivity contribution in [1.29, 1.82) is 0 Å². The van der Waals surface area contributed by atoms with Crippen LogP contribution in [0.25, 0.3) is 0 Å². The summed E-state index contributed by atoms with van der Waals surface area (Å²) in [6.45, 7) is 8.92. The van der Waals surface area contributed by atoms with Crippen LogP contribution in [0.5, 0.6) is 0 Å². The van der Waals surface area contributed by atoms with Gasteiger partial charge in [0.15, 0.2) is 0 Å². The molecule has 2 saturated heterocycles. The van der Waals surface area contributed by atoms with Crippen LogP contribution in [0.1, 0.15) is 11.1 Å². The SMILES string of the molecule is Cc1ccccc1CN1CCN(C(=O)CN2CCN(S(C)(=O)=O)CC2)CC1. The van der Waals surface area contributed by atoms with E-state index < -0.39 is 10.0 Å². The summed E-state index contributed by atoms with van der Waals surface area (Å²) in [5.74, 6) is 0.151. The van der Waals surface area contributed by atoms with Gasteiger partial charge in [0.25, 0.3) is 0 Å². The minimum atomic E-state index is -3.13. The Balaban J connectivity index is 1.42. The summed E-state index contributed by atoms with van der Waals surface area (Å²) in [7, 11) is -3.13. The van der Waals surface area contributed by atoms with Gasteiger partial charge in [-0.25, -0.2) is 8.42 Å². The molecule has 0 aromatic heterocycles. The lowest BCUT2D eigenvalue weighted by atomic mass is 10.1.